The van der Waals surface area contributed by atoms with Crippen molar-refractivity contribution in [2.24, 2.45) is 0 Å². The highest BCUT2D eigenvalue weighted by Crippen LogP contribution is 2.17. The van der Waals surface area contributed by atoms with Crippen molar-refractivity contribution in [1.29, 1.82) is 0 Å². The molecule has 0 amide bonds. The van der Waals surface area contributed by atoms with Gasteiger partial charge in [-0.15, -0.1) is 0 Å². The van der Waals surface area contributed by atoms with Crippen molar-refractivity contribution in [2.75, 3.05) is 36.9 Å². The van der Waals surface area contributed by atoms with E-state index in [1.165, 1.54) is 17.9 Å². The summed E-state index contributed by atoms with van der Waals surface area (Å²) in [5.74, 6) is 2.75. The van der Waals surface area contributed by atoms with E-state index in [0.717, 1.165) is 13.0 Å². The minimum atomic E-state index is -2.89. The predicted molar refractivity (Wildman–Crippen MR) is 63.7 cm³/mol. The van der Waals surface area contributed by atoms with Crippen LogP contribution in [0, 0.1) is 0 Å². The standard InChI is InChI=1S/C9H18N2O2S2/c12-15(13)7-1-4-11(15)5-3-10-9-2-6-14-8-9/h9-10H,1-8H2. The molecule has 0 aliphatic carbocycles. The summed E-state index contributed by atoms with van der Waals surface area (Å²) < 4.78 is 24.6. The summed E-state index contributed by atoms with van der Waals surface area (Å²) in [5.41, 5.74) is 0. The van der Waals surface area contributed by atoms with Crippen LogP contribution in [0.2, 0.25) is 0 Å². The summed E-state index contributed by atoms with van der Waals surface area (Å²) in [7, 11) is -2.89. The first-order chi connectivity index (χ1) is 7.18. The summed E-state index contributed by atoms with van der Waals surface area (Å²) in [5, 5.41) is 3.42. The van der Waals surface area contributed by atoms with Crippen molar-refractivity contribution in [3.8, 4) is 0 Å². The van der Waals surface area contributed by atoms with Gasteiger partial charge in [0.05, 0.1) is 5.75 Å². The fourth-order valence-electron chi connectivity index (χ4n) is 2.03. The molecule has 0 radical (unpaired) electrons. The molecule has 0 aromatic rings. The predicted octanol–water partition coefficient (Wildman–Crippen LogP) is 0.117. The van der Waals surface area contributed by atoms with Crippen molar-refractivity contribution in [3.05, 3.63) is 0 Å². The summed E-state index contributed by atoms with van der Waals surface area (Å²) >= 11 is 1.97. The number of thioether (sulfide) groups is 1. The average Bonchev–Trinajstić information content (AvgIpc) is 2.77. The zero-order valence-corrected chi connectivity index (χ0v) is 10.4. The molecule has 15 heavy (non-hydrogen) atoms. The second-order valence-corrected chi connectivity index (χ2v) is 7.32. The molecule has 0 bridgehead atoms. The van der Waals surface area contributed by atoms with Gasteiger partial charge in [0.2, 0.25) is 10.0 Å². The van der Waals surface area contributed by atoms with Crippen molar-refractivity contribution in [2.45, 2.75) is 18.9 Å². The third kappa shape index (κ3) is 3.09. The first kappa shape index (κ1) is 11.7. The second kappa shape index (κ2) is 5.03. The SMILES string of the molecule is O=S1(=O)CCCN1CCNC1CCSC1. The normalized spacial score (nSPS) is 31.1. The minimum absolute atomic E-state index is 0.340. The van der Waals surface area contributed by atoms with E-state index in [-0.39, 0.29) is 0 Å². The molecule has 1 atom stereocenters. The van der Waals surface area contributed by atoms with E-state index in [0.29, 0.717) is 24.9 Å². The molecule has 1 unspecified atom stereocenters. The van der Waals surface area contributed by atoms with E-state index in [1.54, 1.807) is 4.31 Å². The highest BCUT2D eigenvalue weighted by atomic mass is 32.2. The molecule has 2 aliphatic heterocycles. The molecule has 2 heterocycles. The van der Waals surface area contributed by atoms with Crippen LogP contribution in [-0.2, 0) is 10.0 Å². The Bertz CT molecular complexity index is 299. The highest BCUT2D eigenvalue weighted by molar-refractivity contribution is 7.99. The molecule has 88 valence electrons. The molecule has 0 saturated carbocycles. The van der Waals surface area contributed by atoms with E-state index >= 15 is 0 Å². The van der Waals surface area contributed by atoms with Crippen LogP contribution in [0.25, 0.3) is 0 Å². The summed E-state index contributed by atoms with van der Waals surface area (Å²) in [6.45, 7) is 2.15. The van der Waals surface area contributed by atoms with Crippen LogP contribution >= 0.6 is 11.8 Å². The molecule has 2 saturated heterocycles. The molecule has 2 aliphatic rings. The van der Waals surface area contributed by atoms with Gasteiger partial charge in [0, 0.05) is 31.4 Å². The zero-order chi connectivity index (χ0) is 10.7. The Balaban J connectivity index is 1.69. The third-order valence-electron chi connectivity index (χ3n) is 2.93. The number of hydrogen-bond donors (Lipinski definition) is 1. The van der Waals surface area contributed by atoms with Crippen molar-refractivity contribution in [3.63, 3.8) is 0 Å². The number of hydrogen-bond acceptors (Lipinski definition) is 4. The van der Waals surface area contributed by atoms with Crippen LogP contribution in [0.5, 0.6) is 0 Å². The molecular formula is C9H18N2O2S2. The Hall–Kier alpha value is 0.220. The first-order valence-corrected chi connectivity index (χ1v) is 8.24. The first-order valence-electron chi connectivity index (χ1n) is 5.47. The lowest BCUT2D eigenvalue weighted by atomic mass is 10.2. The lowest BCUT2D eigenvalue weighted by molar-refractivity contribution is 0.421. The van der Waals surface area contributed by atoms with Crippen LogP contribution in [0.1, 0.15) is 12.8 Å². The fraction of sp³-hybridized carbons (Fsp3) is 1.00. The van der Waals surface area contributed by atoms with Gasteiger partial charge in [0.25, 0.3) is 0 Å². The monoisotopic (exact) mass is 250 g/mol. The maximum atomic E-state index is 11.5. The summed E-state index contributed by atoms with van der Waals surface area (Å²) in [6, 6.07) is 0.598. The fourth-order valence-corrected chi connectivity index (χ4v) is 4.75. The number of sulfonamides is 1. The topological polar surface area (TPSA) is 49.4 Å². The van der Waals surface area contributed by atoms with E-state index in [1.807, 2.05) is 11.8 Å². The Morgan fingerprint density at radius 3 is 2.93 bits per heavy atom. The molecule has 2 rings (SSSR count). The van der Waals surface area contributed by atoms with Crippen molar-refractivity contribution in [1.82, 2.24) is 9.62 Å². The zero-order valence-electron chi connectivity index (χ0n) is 8.81. The van der Waals surface area contributed by atoms with Crippen LogP contribution in [0.4, 0.5) is 0 Å². The van der Waals surface area contributed by atoms with E-state index < -0.39 is 10.0 Å². The summed E-state index contributed by atoms with van der Waals surface area (Å²) in [6.07, 6.45) is 2.01. The summed E-state index contributed by atoms with van der Waals surface area (Å²) in [4.78, 5) is 0. The Labute approximate surface area is 95.8 Å². The maximum absolute atomic E-state index is 11.5. The molecule has 2 fully saturated rings. The molecule has 0 aromatic carbocycles. The van der Waals surface area contributed by atoms with Gasteiger partial charge in [-0.25, -0.2) is 12.7 Å². The average molecular weight is 250 g/mol. The molecule has 4 nitrogen and oxygen atoms in total. The number of nitrogens with one attached hydrogen (secondary N) is 1. The van der Waals surface area contributed by atoms with Crippen LogP contribution < -0.4 is 5.32 Å². The quantitative estimate of drug-likeness (QED) is 0.770. The van der Waals surface area contributed by atoms with Crippen LogP contribution in [-0.4, -0.2) is 55.7 Å². The minimum Gasteiger partial charge on any atom is -0.312 e. The van der Waals surface area contributed by atoms with E-state index in [2.05, 4.69) is 5.32 Å². The van der Waals surface area contributed by atoms with Gasteiger partial charge in [-0.05, 0) is 18.6 Å². The van der Waals surface area contributed by atoms with Gasteiger partial charge >= 0.3 is 0 Å². The van der Waals surface area contributed by atoms with Crippen molar-refractivity contribution < 1.29 is 8.42 Å². The van der Waals surface area contributed by atoms with Crippen LogP contribution in [0.15, 0.2) is 0 Å². The third-order valence-corrected chi connectivity index (χ3v) is 6.05. The Morgan fingerprint density at radius 1 is 1.47 bits per heavy atom. The molecule has 0 spiro atoms. The van der Waals surface area contributed by atoms with Gasteiger partial charge in [-0.2, -0.15) is 11.8 Å². The van der Waals surface area contributed by atoms with Gasteiger partial charge in [-0.3, -0.25) is 0 Å². The van der Waals surface area contributed by atoms with Gasteiger partial charge < -0.3 is 5.32 Å². The van der Waals surface area contributed by atoms with Crippen LogP contribution in [0.3, 0.4) is 0 Å². The number of nitrogens with zero attached hydrogens (tertiary/aromatic N) is 1. The smallest absolute Gasteiger partial charge is 0.214 e. The van der Waals surface area contributed by atoms with E-state index in [9.17, 15) is 8.42 Å². The molecular weight excluding hydrogens is 232 g/mol. The van der Waals surface area contributed by atoms with Gasteiger partial charge in [0.15, 0.2) is 0 Å². The lowest BCUT2D eigenvalue weighted by Crippen LogP contribution is -2.37. The highest BCUT2D eigenvalue weighted by Gasteiger charge is 2.27. The maximum Gasteiger partial charge on any atom is 0.214 e. The number of rotatable bonds is 4. The van der Waals surface area contributed by atoms with Crippen molar-refractivity contribution >= 4 is 21.8 Å². The second-order valence-electron chi connectivity index (χ2n) is 4.08. The Morgan fingerprint density at radius 2 is 2.33 bits per heavy atom. The Kier molecular flexibility index (Phi) is 3.93. The molecule has 1 N–H and O–H groups in total. The van der Waals surface area contributed by atoms with E-state index in [4.69, 9.17) is 0 Å². The molecule has 0 aromatic heterocycles. The van der Waals surface area contributed by atoms with Gasteiger partial charge in [-0.1, -0.05) is 0 Å². The molecule has 6 heteroatoms. The lowest BCUT2D eigenvalue weighted by Gasteiger charge is -2.16. The van der Waals surface area contributed by atoms with Gasteiger partial charge in [0.1, 0.15) is 0 Å². The largest absolute Gasteiger partial charge is 0.312 e.